The maximum Gasteiger partial charge on any atom is 0.227 e. The van der Waals surface area contributed by atoms with Crippen LogP contribution in [0.25, 0.3) is 11.0 Å². The van der Waals surface area contributed by atoms with Gasteiger partial charge in [0.25, 0.3) is 0 Å². The summed E-state index contributed by atoms with van der Waals surface area (Å²) in [5.41, 5.74) is 2.86. The molecule has 0 aliphatic carbocycles. The highest BCUT2D eigenvalue weighted by Gasteiger charge is 2.28. The van der Waals surface area contributed by atoms with Crippen molar-refractivity contribution in [2.45, 2.75) is 18.9 Å². The van der Waals surface area contributed by atoms with Gasteiger partial charge in [-0.25, -0.2) is 4.98 Å². The number of ether oxygens (including phenoxy) is 1. The summed E-state index contributed by atoms with van der Waals surface area (Å²) in [4.78, 5) is 21.0. The molecule has 28 heavy (non-hydrogen) atoms. The van der Waals surface area contributed by atoms with Gasteiger partial charge in [-0.15, -0.1) is 0 Å². The Labute approximate surface area is 173 Å². The number of nitrogens with one attached hydrogen (secondary N) is 2. The number of rotatable bonds is 6. The summed E-state index contributed by atoms with van der Waals surface area (Å²) in [6, 6.07) is 13.3. The van der Waals surface area contributed by atoms with Crippen molar-refractivity contribution in [2.75, 3.05) is 18.6 Å². The van der Waals surface area contributed by atoms with Gasteiger partial charge in [0.05, 0.1) is 23.0 Å². The largest absolute Gasteiger partial charge is 0.492 e. The number of hydrogen-bond acceptors (Lipinski definition) is 4. The number of aromatic amines is 1. The topological polar surface area (TPSA) is 67.0 Å². The van der Waals surface area contributed by atoms with Crippen LogP contribution < -0.4 is 10.1 Å². The quantitative estimate of drug-likeness (QED) is 0.627. The first-order valence-corrected chi connectivity index (χ1v) is 11.1. The maximum atomic E-state index is 13.0. The van der Waals surface area contributed by atoms with Crippen molar-refractivity contribution in [3.63, 3.8) is 0 Å². The Bertz CT molecular complexity index is 958. The monoisotopic (exact) mass is 415 g/mol. The molecule has 4 rings (SSSR count). The molecule has 3 aromatic rings. The average Bonchev–Trinajstić information content (AvgIpc) is 3.14. The van der Waals surface area contributed by atoms with Gasteiger partial charge in [0.2, 0.25) is 5.91 Å². The minimum absolute atomic E-state index is 0.0165. The van der Waals surface area contributed by atoms with Gasteiger partial charge in [0.15, 0.2) is 0 Å². The van der Waals surface area contributed by atoms with Crippen LogP contribution in [0.2, 0.25) is 5.02 Å². The number of hydrogen-bond donors (Lipinski definition) is 2. The second-order valence-electron chi connectivity index (χ2n) is 6.95. The standard InChI is InChI=1S/C21H22ClN3O2S/c1-28-9-8-18(20-23-16-4-2-3-5-17(16)24-20)25-21(26)14-10-13-11-15(22)6-7-19(13)27-12-14/h2-7,11,14,18H,8-10,12H2,1H3,(H,23,24)(H,25,26)/t14-,18+/m0/s1. The van der Waals surface area contributed by atoms with Crippen LogP contribution in [0, 0.1) is 5.92 Å². The van der Waals surface area contributed by atoms with Crippen molar-refractivity contribution in [1.29, 1.82) is 0 Å². The van der Waals surface area contributed by atoms with E-state index in [1.54, 1.807) is 17.8 Å². The SMILES string of the molecule is CSCC[C@@H](NC(=O)[C@@H]1COc2ccc(Cl)cc2C1)c1nc2ccccc2[nH]1. The van der Waals surface area contributed by atoms with Crippen LogP contribution >= 0.6 is 23.4 Å². The number of carbonyl (C=O) groups is 1. The van der Waals surface area contributed by atoms with E-state index < -0.39 is 0 Å². The van der Waals surface area contributed by atoms with E-state index in [0.717, 1.165) is 40.3 Å². The molecule has 0 saturated carbocycles. The van der Waals surface area contributed by atoms with Crippen LogP contribution in [-0.2, 0) is 11.2 Å². The number of amides is 1. The van der Waals surface area contributed by atoms with E-state index in [2.05, 4.69) is 21.5 Å². The van der Waals surface area contributed by atoms with Crippen molar-refractivity contribution in [2.24, 2.45) is 5.92 Å². The molecule has 0 saturated heterocycles. The molecule has 2 heterocycles. The van der Waals surface area contributed by atoms with Gasteiger partial charge in [-0.3, -0.25) is 4.79 Å². The summed E-state index contributed by atoms with van der Waals surface area (Å²) in [5, 5.41) is 3.84. The van der Waals surface area contributed by atoms with Crippen LogP contribution in [0.4, 0.5) is 0 Å². The molecular weight excluding hydrogens is 394 g/mol. The van der Waals surface area contributed by atoms with Gasteiger partial charge in [-0.05, 0) is 60.7 Å². The Balaban J connectivity index is 1.51. The molecule has 1 aliphatic rings. The smallest absolute Gasteiger partial charge is 0.227 e. The van der Waals surface area contributed by atoms with Gasteiger partial charge in [-0.1, -0.05) is 23.7 Å². The van der Waals surface area contributed by atoms with Crippen molar-refractivity contribution in [1.82, 2.24) is 15.3 Å². The molecule has 7 heteroatoms. The minimum atomic E-state index is -0.243. The molecule has 2 atom stereocenters. The average molecular weight is 416 g/mol. The minimum Gasteiger partial charge on any atom is -0.492 e. The van der Waals surface area contributed by atoms with Crippen LogP contribution in [0.15, 0.2) is 42.5 Å². The first-order chi connectivity index (χ1) is 13.6. The lowest BCUT2D eigenvalue weighted by atomic mass is 9.95. The highest BCUT2D eigenvalue weighted by atomic mass is 35.5. The second kappa shape index (κ2) is 8.45. The molecule has 1 amide bonds. The summed E-state index contributed by atoms with van der Waals surface area (Å²) in [7, 11) is 0. The second-order valence-corrected chi connectivity index (χ2v) is 8.37. The van der Waals surface area contributed by atoms with E-state index in [-0.39, 0.29) is 17.9 Å². The molecule has 0 radical (unpaired) electrons. The van der Waals surface area contributed by atoms with E-state index in [1.165, 1.54) is 0 Å². The summed E-state index contributed by atoms with van der Waals surface area (Å²) < 4.78 is 5.78. The van der Waals surface area contributed by atoms with E-state index in [1.807, 2.05) is 36.4 Å². The number of H-pyrrole nitrogens is 1. The third-order valence-electron chi connectivity index (χ3n) is 4.96. The molecule has 1 aliphatic heterocycles. The van der Waals surface area contributed by atoms with E-state index in [4.69, 9.17) is 16.3 Å². The van der Waals surface area contributed by atoms with Crippen molar-refractivity contribution in [3.8, 4) is 5.75 Å². The number of imidazole rings is 1. The fourth-order valence-electron chi connectivity index (χ4n) is 3.47. The lowest BCUT2D eigenvalue weighted by Gasteiger charge is -2.26. The van der Waals surface area contributed by atoms with Gasteiger partial charge in [0.1, 0.15) is 18.2 Å². The Morgan fingerprint density at radius 2 is 2.25 bits per heavy atom. The van der Waals surface area contributed by atoms with Crippen LogP contribution in [0.1, 0.15) is 23.9 Å². The number of aromatic nitrogens is 2. The predicted octanol–water partition coefficient (Wildman–Crippen LogP) is 4.38. The Hall–Kier alpha value is -2.18. The first-order valence-electron chi connectivity index (χ1n) is 9.29. The molecule has 0 fully saturated rings. The molecule has 0 bridgehead atoms. The lowest BCUT2D eigenvalue weighted by Crippen LogP contribution is -2.39. The van der Waals surface area contributed by atoms with E-state index >= 15 is 0 Å². The fraction of sp³-hybridized carbons (Fsp3) is 0.333. The number of para-hydroxylation sites is 2. The molecule has 0 spiro atoms. The normalized spacial score (nSPS) is 17.0. The molecule has 2 aromatic carbocycles. The lowest BCUT2D eigenvalue weighted by molar-refractivity contribution is -0.127. The van der Waals surface area contributed by atoms with Gasteiger partial charge in [-0.2, -0.15) is 11.8 Å². The summed E-state index contributed by atoms with van der Waals surface area (Å²) in [5.74, 6) is 2.28. The Morgan fingerprint density at radius 3 is 3.07 bits per heavy atom. The number of carbonyl (C=O) groups excluding carboxylic acids is 1. The van der Waals surface area contributed by atoms with Crippen LogP contribution in [-0.4, -0.2) is 34.5 Å². The molecule has 0 unspecified atom stereocenters. The number of fused-ring (bicyclic) bond motifs is 2. The number of thioether (sulfide) groups is 1. The first kappa shape index (κ1) is 19.2. The predicted molar refractivity (Wildman–Crippen MR) is 114 cm³/mol. The third-order valence-corrected chi connectivity index (χ3v) is 5.84. The molecule has 5 nitrogen and oxygen atoms in total. The van der Waals surface area contributed by atoms with E-state index in [0.29, 0.717) is 18.1 Å². The van der Waals surface area contributed by atoms with Gasteiger partial charge >= 0.3 is 0 Å². The highest BCUT2D eigenvalue weighted by molar-refractivity contribution is 7.98. The zero-order valence-corrected chi connectivity index (χ0v) is 17.1. The maximum absolute atomic E-state index is 13.0. The molecule has 1 aromatic heterocycles. The van der Waals surface area contributed by atoms with Crippen LogP contribution in [0.5, 0.6) is 5.75 Å². The Morgan fingerprint density at radius 1 is 1.39 bits per heavy atom. The van der Waals surface area contributed by atoms with Crippen molar-refractivity contribution in [3.05, 3.63) is 58.9 Å². The highest BCUT2D eigenvalue weighted by Crippen LogP contribution is 2.30. The molecule has 146 valence electrons. The molecular formula is C21H22ClN3O2S. The number of halogens is 1. The number of benzene rings is 2. The Kier molecular flexibility index (Phi) is 5.78. The zero-order valence-electron chi connectivity index (χ0n) is 15.6. The third kappa shape index (κ3) is 4.13. The zero-order chi connectivity index (χ0) is 19.5. The number of nitrogens with zero attached hydrogens (tertiary/aromatic N) is 1. The van der Waals surface area contributed by atoms with Crippen molar-refractivity contribution < 1.29 is 9.53 Å². The van der Waals surface area contributed by atoms with E-state index in [9.17, 15) is 4.79 Å². The molecule has 2 N–H and O–H groups in total. The summed E-state index contributed by atoms with van der Waals surface area (Å²) in [6.07, 6.45) is 3.49. The van der Waals surface area contributed by atoms with Gasteiger partial charge < -0.3 is 15.0 Å². The summed E-state index contributed by atoms with van der Waals surface area (Å²) >= 11 is 7.85. The van der Waals surface area contributed by atoms with Crippen LogP contribution in [0.3, 0.4) is 0 Å². The van der Waals surface area contributed by atoms with Gasteiger partial charge in [0, 0.05) is 5.02 Å². The van der Waals surface area contributed by atoms with Crippen molar-refractivity contribution >= 4 is 40.3 Å². The summed E-state index contributed by atoms with van der Waals surface area (Å²) in [6.45, 7) is 0.371. The fourth-order valence-corrected chi connectivity index (χ4v) is 4.14.